The summed E-state index contributed by atoms with van der Waals surface area (Å²) < 4.78 is 3.34. The van der Waals surface area contributed by atoms with Gasteiger partial charge in [0, 0.05) is 32.9 Å². The van der Waals surface area contributed by atoms with Crippen LogP contribution in [0, 0.1) is 5.92 Å². The molecule has 0 atom stereocenters. The van der Waals surface area contributed by atoms with Gasteiger partial charge in [-0.25, -0.2) is 9.67 Å². The number of benzene rings is 1. The van der Waals surface area contributed by atoms with Crippen molar-refractivity contribution in [3.05, 3.63) is 71.6 Å². The quantitative estimate of drug-likeness (QED) is 0.462. The van der Waals surface area contributed by atoms with Gasteiger partial charge in [0.25, 0.3) is 11.8 Å². The van der Waals surface area contributed by atoms with Gasteiger partial charge in [0.2, 0.25) is 5.82 Å². The van der Waals surface area contributed by atoms with Crippen molar-refractivity contribution in [3.8, 4) is 16.4 Å². The van der Waals surface area contributed by atoms with Crippen molar-refractivity contribution < 1.29 is 9.59 Å². The molecule has 9 nitrogen and oxygen atoms in total. The molecule has 4 aromatic rings. The smallest absolute Gasteiger partial charge is 0.293 e. The summed E-state index contributed by atoms with van der Waals surface area (Å²) in [7, 11) is 1.78. The van der Waals surface area contributed by atoms with Crippen LogP contribution in [0.5, 0.6) is 0 Å². The van der Waals surface area contributed by atoms with E-state index in [1.807, 2.05) is 52.7 Å². The number of rotatable bonds is 6. The van der Waals surface area contributed by atoms with Crippen molar-refractivity contribution in [2.45, 2.75) is 12.8 Å². The normalized spacial score (nSPS) is 14.3. The third-order valence-electron chi connectivity index (χ3n) is 5.96. The lowest BCUT2D eigenvalue weighted by Gasteiger charge is -2.31. The Labute approximate surface area is 201 Å². The van der Waals surface area contributed by atoms with Crippen LogP contribution in [-0.2, 0) is 7.05 Å². The number of carbonyl (C=O) groups excluding carboxylic acids is 2. The molecule has 2 amide bonds. The summed E-state index contributed by atoms with van der Waals surface area (Å²) in [6.45, 7) is 1.81. The number of likely N-dealkylation sites (tertiary alicyclic amines) is 1. The highest BCUT2D eigenvalue weighted by Gasteiger charge is 2.28. The van der Waals surface area contributed by atoms with E-state index in [0.29, 0.717) is 36.9 Å². The molecule has 0 saturated carbocycles. The van der Waals surface area contributed by atoms with Crippen LogP contribution < -0.4 is 5.32 Å². The number of hydrogen-bond acceptors (Lipinski definition) is 6. The molecule has 1 fully saturated rings. The van der Waals surface area contributed by atoms with Crippen LogP contribution >= 0.6 is 11.3 Å². The molecule has 1 aromatic carbocycles. The van der Waals surface area contributed by atoms with E-state index in [1.165, 1.54) is 0 Å². The first-order chi connectivity index (χ1) is 16.6. The van der Waals surface area contributed by atoms with Gasteiger partial charge in [0.15, 0.2) is 5.82 Å². The van der Waals surface area contributed by atoms with E-state index in [-0.39, 0.29) is 17.6 Å². The Kier molecular flexibility index (Phi) is 6.22. The van der Waals surface area contributed by atoms with Gasteiger partial charge in [0.1, 0.15) is 0 Å². The Bertz CT molecular complexity index is 1270. The van der Waals surface area contributed by atoms with Crippen molar-refractivity contribution in [1.82, 2.24) is 34.8 Å². The number of aryl methyl sites for hydroxylation is 1. The molecule has 5 rings (SSSR count). The molecule has 0 bridgehead atoms. The Morgan fingerprint density at radius 2 is 1.91 bits per heavy atom. The predicted octanol–water partition coefficient (Wildman–Crippen LogP) is 3.01. The van der Waals surface area contributed by atoms with Gasteiger partial charge in [-0.3, -0.25) is 14.3 Å². The zero-order valence-corrected chi connectivity index (χ0v) is 19.6. The molecular formula is C24H25N7O2S. The largest absolute Gasteiger partial charge is 0.352 e. The summed E-state index contributed by atoms with van der Waals surface area (Å²) in [5.74, 6) is 0.906. The maximum atomic E-state index is 13.2. The molecule has 1 saturated heterocycles. The molecule has 174 valence electrons. The Balaban J connectivity index is 1.24. The van der Waals surface area contributed by atoms with Gasteiger partial charge in [-0.1, -0.05) is 24.3 Å². The molecule has 0 aliphatic carbocycles. The summed E-state index contributed by atoms with van der Waals surface area (Å²) in [5, 5.41) is 13.6. The van der Waals surface area contributed by atoms with Gasteiger partial charge in [-0.05, 0) is 42.3 Å². The molecule has 0 radical (unpaired) electrons. The predicted molar refractivity (Wildman–Crippen MR) is 129 cm³/mol. The third-order valence-corrected chi connectivity index (χ3v) is 6.83. The van der Waals surface area contributed by atoms with E-state index in [9.17, 15) is 9.59 Å². The van der Waals surface area contributed by atoms with E-state index in [1.54, 1.807) is 40.1 Å². The monoisotopic (exact) mass is 475 g/mol. The lowest BCUT2D eigenvalue weighted by Crippen LogP contribution is -2.42. The summed E-state index contributed by atoms with van der Waals surface area (Å²) in [5.41, 5.74) is 1.41. The highest BCUT2D eigenvalue weighted by Crippen LogP contribution is 2.26. The fraction of sp³-hybridized carbons (Fsp3) is 0.292. The van der Waals surface area contributed by atoms with E-state index < -0.39 is 0 Å². The molecule has 1 aliphatic rings. The van der Waals surface area contributed by atoms with Gasteiger partial charge < -0.3 is 10.2 Å². The first kappa shape index (κ1) is 22.0. The number of nitrogens with zero attached hydrogens (tertiary/aromatic N) is 6. The zero-order valence-electron chi connectivity index (χ0n) is 18.8. The average molecular weight is 476 g/mol. The topological polar surface area (TPSA) is 97.9 Å². The van der Waals surface area contributed by atoms with Crippen LogP contribution in [-0.4, -0.2) is 60.9 Å². The van der Waals surface area contributed by atoms with Crippen molar-refractivity contribution in [2.24, 2.45) is 13.0 Å². The number of aromatic nitrogens is 5. The summed E-state index contributed by atoms with van der Waals surface area (Å²) in [6, 6.07) is 13.7. The number of amides is 2. The number of thiophene rings is 1. The number of para-hydroxylation sites is 1. The molecule has 1 aliphatic heterocycles. The van der Waals surface area contributed by atoms with Crippen LogP contribution in [0.1, 0.15) is 33.8 Å². The molecule has 4 heterocycles. The van der Waals surface area contributed by atoms with E-state index in [2.05, 4.69) is 20.5 Å². The van der Waals surface area contributed by atoms with Crippen LogP contribution in [0.2, 0.25) is 0 Å². The summed E-state index contributed by atoms with van der Waals surface area (Å²) in [6.07, 6.45) is 4.89. The van der Waals surface area contributed by atoms with E-state index >= 15 is 0 Å². The molecule has 34 heavy (non-hydrogen) atoms. The molecule has 10 heteroatoms. The van der Waals surface area contributed by atoms with Crippen molar-refractivity contribution >= 4 is 23.2 Å². The summed E-state index contributed by atoms with van der Waals surface area (Å²) >= 11 is 1.57. The minimum Gasteiger partial charge on any atom is -0.352 e. The fourth-order valence-corrected chi connectivity index (χ4v) is 4.77. The minimum atomic E-state index is -0.162. The maximum Gasteiger partial charge on any atom is 0.293 e. The van der Waals surface area contributed by atoms with Crippen LogP contribution in [0.4, 0.5) is 0 Å². The Morgan fingerprint density at radius 1 is 1.12 bits per heavy atom. The number of piperidine rings is 1. The average Bonchev–Trinajstić information content (AvgIpc) is 3.63. The molecule has 0 spiro atoms. The van der Waals surface area contributed by atoms with E-state index in [0.717, 1.165) is 23.4 Å². The SMILES string of the molecule is Cn1cc(C(=O)NCC2CCN(C(=O)c3nc(-c4cccs4)n(-c4ccccc4)n3)CC2)cn1. The van der Waals surface area contributed by atoms with Crippen molar-refractivity contribution in [2.75, 3.05) is 19.6 Å². The highest BCUT2D eigenvalue weighted by molar-refractivity contribution is 7.13. The Morgan fingerprint density at radius 3 is 2.59 bits per heavy atom. The molecule has 3 aromatic heterocycles. The third kappa shape index (κ3) is 4.62. The maximum absolute atomic E-state index is 13.2. The van der Waals surface area contributed by atoms with Crippen LogP contribution in [0.15, 0.2) is 60.2 Å². The van der Waals surface area contributed by atoms with Crippen LogP contribution in [0.25, 0.3) is 16.4 Å². The standard InChI is InChI=1S/C24H25N7O2S/c1-29-16-18(15-26-29)23(32)25-14-17-9-11-30(12-10-17)24(33)21-27-22(20-8-5-13-34-20)31(28-21)19-6-3-2-4-7-19/h2-8,13,15-17H,9-12,14H2,1H3,(H,25,32). The number of hydrogen-bond donors (Lipinski definition) is 1. The summed E-state index contributed by atoms with van der Waals surface area (Å²) in [4.78, 5) is 32.9. The van der Waals surface area contributed by atoms with Gasteiger partial charge in [-0.15, -0.1) is 16.4 Å². The second-order valence-electron chi connectivity index (χ2n) is 8.33. The van der Waals surface area contributed by atoms with Gasteiger partial charge >= 0.3 is 0 Å². The minimum absolute atomic E-state index is 0.122. The first-order valence-corrected chi connectivity index (χ1v) is 12.1. The second kappa shape index (κ2) is 9.60. The fourth-order valence-electron chi connectivity index (χ4n) is 4.08. The lowest BCUT2D eigenvalue weighted by molar-refractivity contribution is 0.0672. The highest BCUT2D eigenvalue weighted by atomic mass is 32.1. The van der Waals surface area contributed by atoms with E-state index in [4.69, 9.17) is 0 Å². The van der Waals surface area contributed by atoms with Crippen molar-refractivity contribution in [1.29, 1.82) is 0 Å². The molecule has 1 N–H and O–H groups in total. The lowest BCUT2D eigenvalue weighted by atomic mass is 9.96. The molecule has 0 unspecified atom stereocenters. The Hall–Kier alpha value is -3.79. The van der Waals surface area contributed by atoms with Gasteiger partial charge in [0.05, 0.1) is 22.3 Å². The zero-order chi connectivity index (χ0) is 23.5. The van der Waals surface area contributed by atoms with Crippen LogP contribution in [0.3, 0.4) is 0 Å². The second-order valence-corrected chi connectivity index (χ2v) is 9.28. The van der Waals surface area contributed by atoms with Gasteiger partial charge in [-0.2, -0.15) is 5.10 Å². The number of nitrogens with one attached hydrogen (secondary N) is 1. The molecular weight excluding hydrogens is 450 g/mol. The van der Waals surface area contributed by atoms with Crippen molar-refractivity contribution in [3.63, 3.8) is 0 Å². The number of carbonyl (C=O) groups is 2. The first-order valence-electron chi connectivity index (χ1n) is 11.2.